The molecule has 0 aliphatic heterocycles. The second-order valence-corrected chi connectivity index (χ2v) is 6.57. The molecule has 1 aromatic carbocycles. The van der Waals surface area contributed by atoms with Gasteiger partial charge in [0, 0.05) is 18.2 Å². The molecule has 1 aliphatic carbocycles. The average molecular weight is 331 g/mol. The first-order valence-electron chi connectivity index (χ1n) is 8.78. The van der Waals surface area contributed by atoms with Crippen molar-refractivity contribution in [1.29, 1.82) is 0 Å². The molecule has 0 radical (unpaired) electrons. The Balaban J connectivity index is 1.74. The number of rotatable bonds is 9. The highest BCUT2D eigenvalue weighted by atomic mass is 16.5. The number of carbonyl (C=O) groups excluding carboxylic acids is 1. The van der Waals surface area contributed by atoms with Gasteiger partial charge in [-0.15, -0.1) is 6.58 Å². The average Bonchev–Trinajstić information content (AvgIpc) is 3.05. The topological polar surface area (TPSA) is 47.6 Å². The number of methoxy groups -OCH3 is 2. The van der Waals surface area contributed by atoms with Crippen molar-refractivity contribution >= 4 is 5.91 Å². The first-order chi connectivity index (χ1) is 11.7. The summed E-state index contributed by atoms with van der Waals surface area (Å²) in [7, 11) is 3.16. The third-order valence-corrected chi connectivity index (χ3v) is 4.84. The maximum Gasteiger partial charge on any atom is 0.251 e. The predicted octanol–water partition coefficient (Wildman–Crippen LogP) is 4.21. The van der Waals surface area contributed by atoms with Gasteiger partial charge in [0.2, 0.25) is 0 Å². The minimum atomic E-state index is -0.0804. The van der Waals surface area contributed by atoms with Gasteiger partial charge in [0.25, 0.3) is 5.91 Å². The lowest BCUT2D eigenvalue weighted by atomic mass is 9.98. The molecular formula is C20H29NO3. The van der Waals surface area contributed by atoms with E-state index in [2.05, 4.69) is 11.9 Å². The Hall–Kier alpha value is -1.97. The summed E-state index contributed by atoms with van der Waals surface area (Å²) in [6.45, 7) is 4.54. The summed E-state index contributed by atoms with van der Waals surface area (Å²) >= 11 is 0. The van der Waals surface area contributed by atoms with Crippen LogP contribution in [0.2, 0.25) is 0 Å². The van der Waals surface area contributed by atoms with Crippen LogP contribution in [0.4, 0.5) is 0 Å². The number of benzene rings is 1. The Kier molecular flexibility index (Phi) is 7.16. The Morgan fingerprint density at radius 1 is 1.21 bits per heavy atom. The Labute approximate surface area is 145 Å². The molecule has 2 atom stereocenters. The lowest BCUT2D eigenvalue weighted by molar-refractivity contribution is 0.0951. The van der Waals surface area contributed by atoms with Crippen LogP contribution in [0.15, 0.2) is 30.9 Å². The smallest absolute Gasteiger partial charge is 0.251 e. The van der Waals surface area contributed by atoms with Crippen molar-refractivity contribution in [3.8, 4) is 11.5 Å². The van der Waals surface area contributed by atoms with Gasteiger partial charge in [-0.3, -0.25) is 4.79 Å². The zero-order valence-corrected chi connectivity index (χ0v) is 14.8. The Morgan fingerprint density at radius 3 is 2.50 bits per heavy atom. The van der Waals surface area contributed by atoms with Gasteiger partial charge in [-0.2, -0.15) is 0 Å². The summed E-state index contributed by atoms with van der Waals surface area (Å²) in [6.07, 6.45) is 9.35. The fraction of sp³-hybridized carbons (Fsp3) is 0.550. The van der Waals surface area contributed by atoms with Crippen LogP contribution in [0.5, 0.6) is 11.5 Å². The van der Waals surface area contributed by atoms with Crippen LogP contribution in [0, 0.1) is 11.8 Å². The van der Waals surface area contributed by atoms with E-state index < -0.39 is 0 Å². The molecule has 1 aliphatic rings. The highest BCUT2D eigenvalue weighted by molar-refractivity contribution is 5.95. The number of carbonyl (C=O) groups is 1. The fourth-order valence-corrected chi connectivity index (χ4v) is 3.52. The lowest BCUT2D eigenvalue weighted by Crippen LogP contribution is -2.24. The lowest BCUT2D eigenvalue weighted by Gasteiger charge is -2.11. The van der Waals surface area contributed by atoms with E-state index in [0.29, 0.717) is 23.6 Å². The second kappa shape index (κ2) is 9.36. The highest BCUT2D eigenvalue weighted by Gasteiger charge is 2.23. The van der Waals surface area contributed by atoms with Crippen molar-refractivity contribution in [2.75, 3.05) is 20.8 Å². The first kappa shape index (κ1) is 18.4. The predicted molar refractivity (Wildman–Crippen MR) is 96.8 cm³/mol. The van der Waals surface area contributed by atoms with Crippen LogP contribution in [0.1, 0.15) is 48.9 Å². The van der Waals surface area contributed by atoms with Crippen LogP contribution in [0.3, 0.4) is 0 Å². The van der Waals surface area contributed by atoms with Gasteiger partial charge in [-0.1, -0.05) is 12.5 Å². The van der Waals surface area contributed by atoms with E-state index in [-0.39, 0.29) is 5.91 Å². The number of hydrogen-bond acceptors (Lipinski definition) is 3. The van der Waals surface area contributed by atoms with Gasteiger partial charge < -0.3 is 14.8 Å². The Bertz CT molecular complexity index is 534. The van der Waals surface area contributed by atoms with E-state index in [1.54, 1.807) is 32.4 Å². The molecule has 24 heavy (non-hydrogen) atoms. The summed E-state index contributed by atoms with van der Waals surface area (Å²) in [5.41, 5.74) is 0.568. The summed E-state index contributed by atoms with van der Waals surface area (Å²) < 4.78 is 10.4. The van der Waals surface area contributed by atoms with Crippen LogP contribution in [0.25, 0.3) is 0 Å². The zero-order valence-electron chi connectivity index (χ0n) is 14.8. The second-order valence-electron chi connectivity index (χ2n) is 6.57. The van der Waals surface area contributed by atoms with Crippen molar-refractivity contribution < 1.29 is 14.3 Å². The molecular weight excluding hydrogens is 302 g/mol. The molecule has 0 heterocycles. The van der Waals surface area contributed by atoms with E-state index in [1.807, 2.05) is 6.08 Å². The molecule has 132 valence electrons. The SMILES string of the molecule is C=CCC1CCC(CCCNC(=O)c2cc(OC)cc(OC)c2)C1. The maximum atomic E-state index is 12.3. The van der Waals surface area contributed by atoms with E-state index in [0.717, 1.165) is 24.7 Å². The third-order valence-electron chi connectivity index (χ3n) is 4.84. The molecule has 1 saturated carbocycles. The largest absolute Gasteiger partial charge is 0.497 e. The monoisotopic (exact) mass is 331 g/mol. The molecule has 1 fully saturated rings. The molecule has 2 rings (SSSR count). The molecule has 4 nitrogen and oxygen atoms in total. The van der Waals surface area contributed by atoms with Gasteiger partial charge >= 0.3 is 0 Å². The quantitative estimate of drug-likeness (QED) is 0.545. The number of hydrogen-bond donors (Lipinski definition) is 1. The minimum Gasteiger partial charge on any atom is -0.497 e. The number of ether oxygens (including phenoxy) is 2. The zero-order chi connectivity index (χ0) is 17.4. The van der Waals surface area contributed by atoms with Crippen molar-refractivity contribution in [1.82, 2.24) is 5.32 Å². The number of amides is 1. The van der Waals surface area contributed by atoms with Crippen LogP contribution < -0.4 is 14.8 Å². The highest BCUT2D eigenvalue weighted by Crippen LogP contribution is 2.35. The van der Waals surface area contributed by atoms with E-state index in [1.165, 1.54) is 25.7 Å². The Morgan fingerprint density at radius 2 is 1.88 bits per heavy atom. The molecule has 0 saturated heterocycles. The summed E-state index contributed by atoms with van der Waals surface area (Å²) in [6, 6.07) is 5.22. The normalized spacial score (nSPS) is 19.8. The molecule has 1 aromatic rings. The summed E-state index contributed by atoms with van der Waals surface area (Å²) in [5.74, 6) is 2.80. The fourth-order valence-electron chi connectivity index (χ4n) is 3.52. The summed E-state index contributed by atoms with van der Waals surface area (Å²) in [4.78, 5) is 12.3. The van der Waals surface area contributed by atoms with Crippen LogP contribution >= 0.6 is 0 Å². The van der Waals surface area contributed by atoms with Gasteiger partial charge in [0.15, 0.2) is 0 Å². The summed E-state index contributed by atoms with van der Waals surface area (Å²) in [5, 5.41) is 3.00. The van der Waals surface area contributed by atoms with Gasteiger partial charge in [-0.25, -0.2) is 0 Å². The van der Waals surface area contributed by atoms with Crippen molar-refractivity contribution in [3.05, 3.63) is 36.4 Å². The van der Waals surface area contributed by atoms with Crippen molar-refractivity contribution in [2.24, 2.45) is 11.8 Å². The molecule has 1 N–H and O–H groups in total. The third kappa shape index (κ3) is 5.29. The standard InChI is InChI=1S/C20H29NO3/c1-4-6-15-8-9-16(11-15)7-5-10-21-20(22)17-12-18(23-2)14-19(13-17)24-3/h4,12-16H,1,5-11H2,2-3H3,(H,21,22). The van der Waals surface area contributed by atoms with E-state index in [9.17, 15) is 4.79 Å². The van der Waals surface area contributed by atoms with E-state index in [4.69, 9.17) is 9.47 Å². The molecule has 0 aromatic heterocycles. The van der Waals surface area contributed by atoms with Crippen molar-refractivity contribution in [2.45, 2.75) is 38.5 Å². The molecule has 0 spiro atoms. The minimum absolute atomic E-state index is 0.0804. The van der Waals surface area contributed by atoms with Crippen LogP contribution in [-0.4, -0.2) is 26.7 Å². The maximum absolute atomic E-state index is 12.3. The van der Waals surface area contributed by atoms with Crippen molar-refractivity contribution in [3.63, 3.8) is 0 Å². The molecule has 2 unspecified atom stereocenters. The number of allylic oxidation sites excluding steroid dienone is 1. The van der Waals surface area contributed by atoms with Gasteiger partial charge in [0.1, 0.15) is 11.5 Å². The van der Waals surface area contributed by atoms with Crippen LogP contribution in [-0.2, 0) is 0 Å². The molecule has 0 bridgehead atoms. The van der Waals surface area contributed by atoms with Gasteiger partial charge in [0.05, 0.1) is 14.2 Å². The molecule has 4 heteroatoms. The van der Waals surface area contributed by atoms with E-state index >= 15 is 0 Å². The number of nitrogens with one attached hydrogen (secondary N) is 1. The molecule has 1 amide bonds. The van der Waals surface area contributed by atoms with Gasteiger partial charge in [-0.05, 0) is 56.1 Å². The first-order valence-corrected chi connectivity index (χ1v) is 8.78.